The summed E-state index contributed by atoms with van der Waals surface area (Å²) in [6, 6.07) is 1.98. The highest BCUT2D eigenvalue weighted by Gasteiger charge is 2.44. The lowest BCUT2D eigenvalue weighted by Gasteiger charge is -2.22. The fraction of sp³-hybridized carbons (Fsp3) is 0.533. The zero-order valence-electron chi connectivity index (χ0n) is 11.3. The molecule has 0 unspecified atom stereocenters. The van der Waals surface area contributed by atoms with Gasteiger partial charge in [0.25, 0.3) is 0 Å². The fourth-order valence-corrected chi connectivity index (χ4v) is 3.53. The number of cyclic esters (lactones) is 1. The third-order valence-electron chi connectivity index (χ3n) is 4.30. The zero-order chi connectivity index (χ0) is 13.9. The number of esters is 1. The van der Waals surface area contributed by atoms with E-state index in [0.717, 1.165) is 22.3 Å². The first-order chi connectivity index (χ1) is 8.86. The number of carbonyl (C=O) groups excluding carboxylic acids is 1. The van der Waals surface area contributed by atoms with Crippen molar-refractivity contribution < 1.29 is 14.6 Å². The Labute approximate surface area is 117 Å². The molecular weight excluding hydrogens is 264 g/mol. The molecule has 0 fully saturated rings. The number of aliphatic hydroxyl groups is 1. The van der Waals surface area contributed by atoms with Gasteiger partial charge in [-0.3, -0.25) is 0 Å². The van der Waals surface area contributed by atoms with E-state index in [1.54, 1.807) is 0 Å². The van der Waals surface area contributed by atoms with Crippen LogP contribution in [0.2, 0.25) is 0 Å². The Morgan fingerprint density at radius 1 is 1.53 bits per heavy atom. The molecule has 1 aromatic rings. The van der Waals surface area contributed by atoms with E-state index in [2.05, 4.69) is 0 Å². The predicted molar refractivity (Wildman–Crippen MR) is 72.5 cm³/mol. The van der Waals surface area contributed by atoms with Crippen molar-refractivity contribution in [1.29, 1.82) is 0 Å². The average Bonchev–Trinajstić information content (AvgIpc) is 2.79. The molecule has 1 N–H and O–H groups in total. The first-order valence-electron chi connectivity index (χ1n) is 6.48. The number of alkyl halides is 1. The summed E-state index contributed by atoms with van der Waals surface area (Å²) in [5, 5.41) is 10.4. The molecular formula is C15H17ClO3. The van der Waals surface area contributed by atoms with E-state index in [1.807, 2.05) is 26.8 Å². The average molecular weight is 281 g/mol. The van der Waals surface area contributed by atoms with E-state index in [-0.39, 0.29) is 23.4 Å². The largest absolute Gasteiger partial charge is 0.453 e. The van der Waals surface area contributed by atoms with Gasteiger partial charge in [-0.1, -0.05) is 19.9 Å². The van der Waals surface area contributed by atoms with E-state index in [4.69, 9.17) is 16.3 Å². The van der Waals surface area contributed by atoms with Crippen LogP contribution < -0.4 is 0 Å². The van der Waals surface area contributed by atoms with E-state index in [1.165, 1.54) is 0 Å². The topological polar surface area (TPSA) is 46.5 Å². The number of hydrogen-bond donors (Lipinski definition) is 1. The highest BCUT2D eigenvalue weighted by atomic mass is 35.5. The minimum absolute atomic E-state index is 0.247. The summed E-state index contributed by atoms with van der Waals surface area (Å²) >= 11 is 5.88. The second-order valence-corrected chi connectivity index (χ2v) is 6.47. The molecule has 3 nitrogen and oxygen atoms in total. The zero-order valence-corrected chi connectivity index (χ0v) is 12.0. The van der Waals surface area contributed by atoms with Crippen LogP contribution in [0.4, 0.5) is 0 Å². The van der Waals surface area contributed by atoms with Gasteiger partial charge in [0.15, 0.2) is 0 Å². The van der Waals surface area contributed by atoms with Crippen molar-refractivity contribution in [2.24, 2.45) is 5.41 Å². The standard InChI is InChI=1S/C15H17ClO3/c1-7-4-8-9(5-15(2,3)13(8)17)12-11(7)10(6-16)19-14(12)18/h4,10,13,17H,5-6H2,1-3H3/t10-,13+/m0/s1. The molecule has 2 aliphatic rings. The maximum Gasteiger partial charge on any atom is 0.339 e. The molecule has 0 aromatic heterocycles. The number of benzene rings is 1. The number of halogens is 1. The lowest BCUT2D eigenvalue weighted by atomic mass is 9.87. The Kier molecular flexibility index (Phi) is 2.70. The Morgan fingerprint density at radius 3 is 2.84 bits per heavy atom. The number of hydrogen-bond acceptors (Lipinski definition) is 3. The number of aryl methyl sites for hydroxylation is 1. The van der Waals surface area contributed by atoms with Crippen LogP contribution in [0.3, 0.4) is 0 Å². The van der Waals surface area contributed by atoms with Gasteiger partial charge < -0.3 is 9.84 Å². The van der Waals surface area contributed by atoms with Crippen molar-refractivity contribution in [1.82, 2.24) is 0 Å². The van der Waals surface area contributed by atoms with Crippen LogP contribution in [0.15, 0.2) is 6.07 Å². The third kappa shape index (κ3) is 1.65. The van der Waals surface area contributed by atoms with Crippen LogP contribution in [0.25, 0.3) is 0 Å². The molecule has 0 saturated heterocycles. The van der Waals surface area contributed by atoms with Crippen molar-refractivity contribution in [3.63, 3.8) is 0 Å². The SMILES string of the molecule is Cc1cc2c(c3c1[C@H](CCl)OC3=O)CC(C)(C)[C@@H]2O. The minimum Gasteiger partial charge on any atom is -0.453 e. The number of carbonyl (C=O) groups is 1. The van der Waals surface area contributed by atoms with Crippen LogP contribution in [0.1, 0.15) is 58.7 Å². The van der Waals surface area contributed by atoms with Crippen LogP contribution in [-0.2, 0) is 11.2 Å². The molecule has 19 heavy (non-hydrogen) atoms. The highest BCUT2D eigenvalue weighted by Crippen LogP contribution is 2.50. The quantitative estimate of drug-likeness (QED) is 0.635. The van der Waals surface area contributed by atoms with Gasteiger partial charge in [-0.05, 0) is 35.4 Å². The third-order valence-corrected chi connectivity index (χ3v) is 4.58. The second-order valence-electron chi connectivity index (χ2n) is 6.17. The number of aliphatic hydroxyl groups excluding tert-OH is 1. The minimum atomic E-state index is -0.533. The Morgan fingerprint density at radius 2 is 2.21 bits per heavy atom. The Hall–Kier alpha value is -1.06. The normalized spacial score (nSPS) is 27.1. The fourth-order valence-electron chi connectivity index (χ4n) is 3.31. The van der Waals surface area contributed by atoms with Crippen LogP contribution in [0.5, 0.6) is 0 Å². The van der Waals surface area contributed by atoms with Crippen molar-refractivity contribution in [2.45, 2.75) is 39.4 Å². The van der Waals surface area contributed by atoms with Crippen molar-refractivity contribution >= 4 is 17.6 Å². The van der Waals surface area contributed by atoms with E-state index in [0.29, 0.717) is 12.0 Å². The molecule has 0 spiro atoms. The number of fused-ring (bicyclic) bond motifs is 3. The van der Waals surface area contributed by atoms with Gasteiger partial charge in [-0.2, -0.15) is 0 Å². The van der Waals surface area contributed by atoms with Gasteiger partial charge in [0.05, 0.1) is 17.5 Å². The molecule has 1 heterocycles. The van der Waals surface area contributed by atoms with E-state index in [9.17, 15) is 9.90 Å². The van der Waals surface area contributed by atoms with Gasteiger partial charge >= 0.3 is 5.97 Å². The number of ether oxygens (including phenoxy) is 1. The summed E-state index contributed by atoms with van der Waals surface area (Å²) in [6.45, 7) is 5.97. The van der Waals surface area contributed by atoms with Gasteiger partial charge in [-0.15, -0.1) is 11.6 Å². The maximum atomic E-state index is 12.1. The first-order valence-corrected chi connectivity index (χ1v) is 7.01. The summed E-state index contributed by atoms with van der Waals surface area (Å²) in [5.74, 6) is -0.0323. The second kappa shape index (κ2) is 3.97. The molecule has 0 amide bonds. The first kappa shape index (κ1) is 12.9. The monoisotopic (exact) mass is 280 g/mol. The Balaban J connectivity index is 2.26. The lowest BCUT2D eigenvalue weighted by Crippen LogP contribution is -2.16. The summed E-state index contributed by atoms with van der Waals surface area (Å²) in [5.41, 5.74) is 4.09. The molecule has 102 valence electrons. The van der Waals surface area contributed by atoms with Crippen molar-refractivity contribution in [2.75, 3.05) is 5.88 Å². The smallest absolute Gasteiger partial charge is 0.339 e. The summed E-state index contributed by atoms with van der Waals surface area (Å²) in [4.78, 5) is 12.1. The highest BCUT2D eigenvalue weighted by molar-refractivity contribution is 6.18. The summed E-state index contributed by atoms with van der Waals surface area (Å²) in [7, 11) is 0. The number of rotatable bonds is 1. The van der Waals surface area contributed by atoms with Crippen LogP contribution in [0, 0.1) is 12.3 Å². The van der Waals surface area contributed by atoms with Crippen LogP contribution in [-0.4, -0.2) is 17.0 Å². The predicted octanol–water partition coefficient (Wildman–Crippen LogP) is 3.06. The molecule has 2 atom stereocenters. The molecule has 0 radical (unpaired) electrons. The Bertz CT molecular complexity index is 577. The maximum absolute atomic E-state index is 12.1. The van der Waals surface area contributed by atoms with Gasteiger partial charge in [0.2, 0.25) is 0 Å². The molecule has 0 saturated carbocycles. The molecule has 1 aromatic carbocycles. The van der Waals surface area contributed by atoms with Crippen LogP contribution >= 0.6 is 11.6 Å². The molecule has 3 rings (SSSR count). The summed E-state index contributed by atoms with van der Waals surface area (Å²) in [6.07, 6.45) is -0.194. The van der Waals surface area contributed by atoms with E-state index >= 15 is 0 Å². The lowest BCUT2D eigenvalue weighted by molar-refractivity contribution is 0.0425. The van der Waals surface area contributed by atoms with Gasteiger partial charge in [-0.25, -0.2) is 4.79 Å². The van der Waals surface area contributed by atoms with Crippen molar-refractivity contribution in [3.8, 4) is 0 Å². The van der Waals surface area contributed by atoms with Gasteiger partial charge in [0.1, 0.15) is 6.10 Å². The van der Waals surface area contributed by atoms with E-state index < -0.39 is 6.10 Å². The molecule has 0 bridgehead atoms. The molecule has 1 aliphatic heterocycles. The van der Waals surface area contributed by atoms with Crippen molar-refractivity contribution in [3.05, 3.63) is 33.9 Å². The molecule has 1 aliphatic carbocycles. The summed E-state index contributed by atoms with van der Waals surface area (Å²) < 4.78 is 5.34. The molecule has 4 heteroatoms. The van der Waals surface area contributed by atoms with Gasteiger partial charge in [0, 0.05) is 5.56 Å².